The van der Waals surface area contributed by atoms with E-state index in [1.807, 2.05) is 0 Å². The van der Waals surface area contributed by atoms with Crippen LogP contribution in [0.15, 0.2) is 0 Å². The van der Waals surface area contributed by atoms with Gasteiger partial charge in [-0.3, -0.25) is 0 Å². The summed E-state index contributed by atoms with van der Waals surface area (Å²) in [4.78, 5) is 11.2. The predicted octanol–water partition coefficient (Wildman–Crippen LogP) is 1.58. The lowest BCUT2D eigenvalue weighted by Crippen LogP contribution is -2.42. The van der Waals surface area contributed by atoms with Crippen molar-refractivity contribution in [3.8, 4) is 0 Å². The fraction of sp³-hybridized carbons (Fsp3) is 0.889. The molecule has 3 nitrogen and oxygen atoms in total. The Morgan fingerprint density at radius 3 is 2.50 bits per heavy atom. The SMILES string of the molecule is CCOC(=O)C1(F)CCC(N)CC1.Cl. The Hall–Kier alpha value is -0.350. The fourth-order valence-electron chi connectivity index (χ4n) is 1.56. The zero-order valence-corrected chi connectivity index (χ0v) is 9.11. The third-order valence-corrected chi connectivity index (χ3v) is 2.46. The molecular formula is C9H17ClFNO2. The van der Waals surface area contributed by atoms with Crippen LogP contribution in [-0.2, 0) is 9.53 Å². The van der Waals surface area contributed by atoms with Crippen LogP contribution < -0.4 is 5.73 Å². The van der Waals surface area contributed by atoms with Crippen molar-refractivity contribution in [2.45, 2.75) is 44.3 Å². The van der Waals surface area contributed by atoms with E-state index in [0.717, 1.165) is 0 Å². The van der Waals surface area contributed by atoms with Crippen molar-refractivity contribution in [2.24, 2.45) is 5.73 Å². The van der Waals surface area contributed by atoms with Crippen LogP contribution in [0.1, 0.15) is 32.6 Å². The highest BCUT2D eigenvalue weighted by Gasteiger charge is 2.42. The van der Waals surface area contributed by atoms with Crippen LogP contribution in [0, 0.1) is 0 Å². The number of esters is 1. The molecule has 1 aliphatic carbocycles. The van der Waals surface area contributed by atoms with Crippen LogP contribution in [0.25, 0.3) is 0 Å². The average Bonchev–Trinajstić information content (AvgIpc) is 2.11. The maximum atomic E-state index is 13.8. The monoisotopic (exact) mass is 225 g/mol. The van der Waals surface area contributed by atoms with Crippen molar-refractivity contribution >= 4 is 18.4 Å². The predicted molar refractivity (Wildman–Crippen MR) is 54.2 cm³/mol. The maximum absolute atomic E-state index is 13.8. The maximum Gasteiger partial charge on any atom is 0.343 e. The number of hydrogen-bond donors (Lipinski definition) is 1. The van der Waals surface area contributed by atoms with Crippen LogP contribution in [0.3, 0.4) is 0 Å². The third-order valence-electron chi connectivity index (χ3n) is 2.46. The summed E-state index contributed by atoms with van der Waals surface area (Å²) in [5, 5.41) is 0. The van der Waals surface area contributed by atoms with E-state index >= 15 is 0 Å². The molecule has 0 saturated heterocycles. The zero-order chi connectivity index (χ0) is 9.90. The van der Waals surface area contributed by atoms with Crippen LogP contribution in [-0.4, -0.2) is 24.3 Å². The average molecular weight is 226 g/mol. The standard InChI is InChI=1S/C9H16FNO2.ClH/c1-2-13-8(12)9(10)5-3-7(11)4-6-9;/h7H,2-6,11H2,1H3;1H. The fourth-order valence-corrected chi connectivity index (χ4v) is 1.56. The molecule has 84 valence electrons. The van der Waals surface area contributed by atoms with Gasteiger partial charge in [0, 0.05) is 6.04 Å². The zero-order valence-electron chi connectivity index (χ0n) is 8.29. The summed E-state index contributed by atoms with van der Waals surface area (Å²) in [5.41, 5.74) is 3.84. The molecule has 0 aromatic heterocycles. The number of halogens is 2. The lowest BCUT2D eigenvalue weighted by atomic mass is 9.84. The van der Waals surface area contributed by atoms with Crippen molar-refractivity contribution < 1.29 is 13.9 Å². The summed E-state index contributed by atoms with van der Waals surface area (Å²) in [7, 11) is 0. The van der Waals surface area contributed by atoms with Gasteiger partial charge in [-0.25, -0.2) is 9.18 Å². The molecule has 0 heterocycles. The van der Waals surface area contributed by atoms with Gasteiger partial charge >= 0.3 is 5.97 Å². The van der Waals surface area contributed by atoms with Crippen LogP contribution in [0.5, 0.6) is 0 Å². The minimum absolute atomic E-state index is 0. The molecule has 0 amide bonds. The summed E-state index contributed by atoms with van der Waals surface area (Å²) in [5.74, 6) is -0.720. The summed E-state index contributed by atoms with van der Waals surface area (Å²) in [6.07, 6.45) is 1.53. The number of nitrogens with two attached hydrogens (primary N) is 1. The lowest BCUT2D eigenvalue weighted by Gasteiger charge is -2.30. The minimum atomic E-state index is -1.77. The Kier molecular flexibility index (Phi) is 5.37. The van der Waals surface area contributed by atoms with Crippen LogP contribution in [0.2, 0.25) is 0 Å². The second-order valence-electron chi connectivity index (χ2n) is 3.52. The first kappa shape index (κ1) is 13.7. The lowest BCUT2D eigenvalue weighted by molar-refractivity contribution is -0.159. The van der Waals surface area contributed by atoms with Gasteiger partial charge in [0.25, 0.3) is 0 Å². The Bertz CT molecular complexity index is 193. The number of alkyl halides is 1. The van der Waals surface area contributed by atoms with E-state index in [9.17, 15) is 9.18 Å². The normalized spacial score (nSPS) is 31.8. The van der Waals surface area contributed by atoms with Crippen LogP contribution >= 0.6 is 12.4 Å². The molecule has 0 aliphatic heterocycles. The molecule has 1 fully saturated rings. The van der Waals surface area contributed by atoms with E-state index in [1.54, 1.807) is 6.92 Å². The highest BCUT2D eigenvalue weighted by Crippen LogP contribution is 2.32. The molecule has 5 heteroatoms. The van der Waals surface area contributed by atoms with Crippen molar-refractivity contribution in [2.75, 3.05) is 6.61 Å². The number of carbonyl (C=O) groups excluding carboxylic acids is 1. The molecule has 0 spiro atoms. The molecule has 0 unspecified atom stereocenters. The second kappa shape index (κ2) is 5.51. The van der Waals surface area contributed by atoms with E-state index in [1.165, 1.54) is 0 Å². The quantitative estimate of drug-likeness (QED) is 0.726. The first-order chi connectivity index (χ1) is 6.08. The number of ether oxygens (including phenoxy) is 1. The molecular weight excluding hydrogens is 209 g/mol. The van der Waals surface area contributed by atoms with Gasteiger partial charge in [-0.2, -0.15) is 0 Å². The van der Waals surface area contributed by atoms with Gasteiger partial charge in [0.2, 0.25) is 5.67 Å². The smallest absolute Gasteiger partial charge is 0.343 e. The highest BCUT2D eigenvalue weighted by atomic mass is 35.5. The topological polar surface area (TPSA) is 52.3 Å². The molecule has 2 N–H and O–H groups in total. The van der Waals surface area contributed by atoms with Crippen molar-refractivity contribution in [1.29, 1.82) is 0 Å². The summed E-state index contributed by atoms with van der Waals surface area (Å²) >= 11 is 0. The van der Waals surface area contributed by atoms with E-state index in [4.69, 9.17) is 5.73 Å². The molecule has 1 aliphatic rings. The van der Waals surface area contributed by atoms with Gasteiger partial charge in [-0.05, 0) is 32.6 Å². The van der Waals surface area contributed by atoms with E-state index < -0.39 is 11.6 Å². The van der Waals surface area contributed by atoms with Crippen molar-refractivity contribution in [3.63, 3.8) is 0 Å². The van der Waals surface area contributed by atoms with Gasteiger partial charge in [0.15, 0.2) is 0 Å². The van der Waals surface area contributed by atoms with Crippen molar-refractivity contribution in [1.82, 2.24) is 0 Å². The molecule has 0 atom stereocenters. The Balaban J connectivity index is 0.00000169. The third kappa shape index (κ3) is 3.10. The van der Waals surface area contributed by atoms with E-state index in [-0.39, 0.29) is 37.9 Å². The first-order valence-electron chi connectivity index (χ1n) is 4.70. The molecule has 0 aromatic carbocycles. The number of hydrogen-bond acceptors (Lipinski definition) is 3. The molecule has 1 rings (SSSR count). The van der Waals surface area contributed by atoms with Crippen LogP contribution in [0.4, 0.5) is 4.39 Å². The molecule has 0 aromatic rings. The van der Waals surface area contributed by atoms with E-state index in [0.29, 0.717) is 12.8 Å². The molecule has 0 radical (unpaired) electrons. The molecule has 0 bridgehead atoms. The minimum Gasteiger partial charge on any atom is -0.464 e. The summed E-state index contributed by atoms with van der Waals surface area (Å²) in [6, 6.07) is 0.0401. The van der Waals surface area contributed by atoms with Gasteiger partial charge in [-0.1, -0.05) is 0 Å². The Labute approximate surface area is 89.6 Å². The van der Waals surface area contributed by atoms with Gasteiger partial charge in [0.05, 0.1) is 6.61 Å². The van der Waals surface area contributed by atoms with Gasteiger partial charge < -0.3 is 10.5 Å². The summed E-state index contributed by atoms with van der Waals surface area (Å²) < 4.78 is 18.5. The highest BCUT2D eigenvalue weighted by molar-refractivity contribution is 5.85. The molecule has 14 heavy (non-hydrogen) atoms. The first-order valence-corrected chi connectivity index (χ1v) is 4.70. The molecule has 1 saturated carbocycles. The van der Waals surface area contributed by atoms with Crippen molar-refractivity contribution in [3.05, 3.63) is 0 Å². The number of rotatable bonds is 2. The van der Waals surface area contributed by atoms with E-state index in [2.05, 4.69) is 4.74 Å². The number of carbonyl (C=O) groups is 1. The van der Waals surface area contributed by atoms with Gasteiger partial charge in [0.1, 0.15) is 0 Å². The summed E-state index contributed by atoms with van der Waals surface area (Å²) in [6.45, 7) is 1.91. The van der Waals surface area contributed by atoms with Gasteiger partial charge in [-0.15, -0.1) is 12.4 Å². The largest absolute Gasteiger partial charge is 0.464 e. The second-order valence-corrected chi connectivity index (χ2v) is 3.52. The Morgan fingerprint density at radius 2 is 2.07 bits per heavy atom. The Morgan fingerprint density at radius 1 is 1.57 bits per heavy atom.